The van der Waals surface area contributed by atoms with Crippen LogP contribution in [0.25, 0.3) is 0 Å². The Balaban J connectivity index is 0.00000341. The van der Waals surface area contributed by atoms with Gasteiger partial charge in [0.2, 0.25) is 0 Å². The molecule has 0 aliphatic carbocycles. The summed E-state index contributed by atoms with van der Waals surface area (Å²) in [4.78, 5) is 6.82. The molecule has 0 bridgehead atoms. The number of benzene rings is 2. The van der Waals surface area contributed by atoms with Gasteiger partial charge in [0.1, 0.15) is 12.4 Å². The van der Waals surface area contributed by atoms with Gasteiger partial charge in [0.05, 0.1) is 17.0 Å². The van der Waals surface area contributed by atoms with Crippen molar-refractivity contribution in [2.45, 2.75) is 38.7 Å². The van der Waals surface area contributed by atoms with Crippen molar-refractivity contribution >= 4 is 39.8 Å². The Hall–Kier alpha value is -1.81. The van der Waals surface area contributed by atoms with E-state index >= 15 is 0 Å². The molecule has 31 heavy (non-hydrogen) atoms. The molecule has 1 fully saturated rings. The van der Waals surface area contributed by atoms with E-state index in [0.29, 0.717) is 26.2 Å². The van der Waals surface area contributed by atoms with Gasteiger partial charge in [0.15, 0.2) is 15.8 Å². The number of aliphatic imine (C=N–C) groups is 1. The number of rotatable bonds is 6. The number of nitrogens with one attached hydrogen (secondary N) is 1. The molecule has 1 aliphatic rings. The highest BCUT2D eigenvalue weighted by Gasteiger charge is 2.40. The normalized spacial score (nSPS) is 17.5. The van der Waals surface area contributed by atoms with Gasteiger partial charge in [0.25, 0.3) is 0 Å². The van der Waals surface area contributed by atoms with Crippen LogP contribution in [0.4, 0.5) is 0 Å². The number of guanidine groups is 1. The molecule has 2 aromatic rings. The van der Waals surface area contributed by atoms with Gasteiger partial charge in [-0.3, -0.25) is 0 Å². The molecule has 8 heteroatoms. The van der Waals surface area contributed by atoms with E-state index in [1.165, 1.54) is 0 Å². The molecule has 0 spiro atoms. The Kier molecular flexibility index (Phi) is 9.17. The lowest BCUT2D eigenvalue weighted by Gasteiger charge is -2.39. The van der Waals surface area contributed by atoms with E-state index in [-0.39, 0.29) is 29.7 Å². The fourth-order valence-corrected chi connectivity index (χ4v) is 4.78. The first-order valence-corrected chi connectivity index (χ1v) is 12.0. The molecule has 0 radical (unpaired) electrons. The monoisotopic (exact) mass is 557 g/mol. The van der Waals surface area contributed by atoms with Gasteiger partial charge in [-0.2, -0.15) is 0 Å². The van der Waals surface area contributed by atoms with Crippen LogP contribution in [0.5, 0.6) is 5.75 Å². The van der Waals surface area contributed by atoms with Crippen molar-refractivity contribution in [3.8, 4) is 5.75 Å². The van der Waals surface area contributed by atoms with Crippen molar-refractivity contribution in [1.82, 2.24) is 10.2 Å². The highest BCUT2D eigenvalue weighted by Crippen LogP contribution is 2.24. The van der Waals surface area contributed by atoms with Crippen LogP contribution in [-0.2, 0) is 23.0 Å². The molecule has 6 nitrogen and oxygen atoms in total. The third-order valence-corrected chi connectivity index (χ3v) is 7.76. The van der Waals surface area contributed by atoms with Crippen LogP contribution in [0.15, 0.2) is 59.6 Å². The zero-order chi connectivity index (χ0) is 21.6. The second-order valence-electron chi connectivity index (χ2n) is 8.09. The molecule has 0 unspecified atom stereocenters. The van der Waals surface area contributed by atoms with Crippen molar-refractivity contribution in [1.29, 1.82) is 0 Å². The standard InChI is InChI=1S/C23H31N3O3S.HI/c1-4-24-22(26-13-14-30(27,28)23(2,3)18-26)25-16-19-9-8-10-20(15-19)17-29-21-11-6-5-7-12-21;/h5-12,15H,4,13-14,16-18H2,1-3H3,(H,24,25);1H. The average molecular weight is 557 g/mol. The minimum Gasteiger partial charge on any atom is -0.489 e. The number of hydrogen-bond acceptors (Lipinski definition) is 4. The molecule has 170 valence electrons. The van der Waals surface area contributed by atoms with Gasteiger partial charge in [-0.25, -0.2) is 13.4 Å². The first-order chi connectivity index (χ1) is 14.3. The fraction of sp³-hybridized carbons (Fsp3) is 0.435. The molecule has 0 amide bonds. The highest BCUT2D eigenvalue weighted by atomic mass is 127. The zero-order valence-corrected chi connectivity index (χ0v) is 21.5. The van der Waals surface area contributed by atoms with Crippen molar-refractivity contribution in [3.63, 3.8) is 0 Å². The minimum atomic E-state index is -3.08. The third kappa shape index (κ3) is 6.83. The van der Waals surface area contributed by atoms with Gasteiger partial charge in [-0.15, -0.1) is 24.0 Å². The quantitative estimate of drug-likeness (QED) is 0.332. The van der Waals surface area contributed by atoms with Crippen LogP contribution >= 0.6 is 24.0 Å². The minimum absolute atomic E-state index is 0. The highest BCUT2D eigenvalue weighted by molar-refractivity contribution is 14.0. The maximum Gasteiger partial charge on any atom is 0.194 e. The predicted molar refractivity (Wildman–Crippen MR) is 137 cm³/mol. The van der Waals surface area contributed by atoms with E-state index in [2.05, 4.69) is 11.4 Å². The smallest absolute Gasteiger partial charge is 0.194 e. The Bertz CT molecular complexity index is 979. The summed E-state index contributed by atoms with van der Waals surface area (Å²) >= 11 is 0. The SMILES string of the molecule is CCNC(=NCc1cccc(COc2ccccc2)c1)N1CCS(=O)(=O)C(C)(C)C1.I. The number of para-hydroxylation sites is 1. The number of halogens is 1. The maximum atomic E-state index is 12.3. The van der Waals surface area contributed by atoms with E-state index in [9.17, 15) is 8.42 Å². The van der Waals surface area contributed by atoms with Gasteiger partial charge < -0.3 is 15.0 Å². The first-order valence-electron chi connectivity index (χ1n) is 10.3. The summed E-state index contributed by atoms with van der Waals surface area (Å²) in [6.45, 7) is 8.23. The second kappa shape index (κ2) is 11.2. The van der Waals surface area contributed by atoms with E-state index < -0.39 is 14.6 Å². The number of hydrogen-bond donors (Lipinski definition) is 1. The summed E-state index contributed by atoms with van der Waals surface area (Å²) in [5.74, 6) is 1.75. The summed E-state index contributed by atoms with van der Waals surface area (Å²) in [6.07, 6.45) is 0. The third-order valence-electron chi connectivity index (χ3n) is 5.23. The van der Waals surface area contributed by atoms with Crippen molar-refractivity contribution in [3.05, 3.63) is 65.7 Å². The molecule has 1 aliphatic heterocycles. The van der Waals surface area contributed by atoms with Crippen LogP contribution in [0.2, 0.25) is 0 Å². The summed E-state index contributed by atoms with van der Waals surface area (Å²) in [7, 11) is -3.08. The number of ether oxygens (including phenoxy) is 1. The lowest BCUT2D eigenvalue weighted by molar-refractivity contribution is 0.306. The van der Waals surface area contributed by atoms with Crippen molar-refractivity contribution in [2.75, 3.05) is 25.4 Å². The molecule has 2 aromatic carbocycles. The summed E-state index contributed by atoms with van der Waals surface area (Å²) < 4.78 is 29.7. The molecule has 1 N–H and O–H groups in total. The summed E-state index contributed by atoms with van der Waals surface area (Å²) in [5.41, 5.74) is 2.17. The Morgan fingerprint density at radius 3 is 2.52 bits per heavy atom. The van der Waals surface area contributed by atoms with Gasteiger partial charge in [-0.05, 0) is 44.0 Å². The molecular formula is C23H32IN3O3S. The second-order valence-corrected chi connectivity index (χ2v) is 10.8. The Morgan fingerprint density at radius 1 is 1.13 bits per heavy atom. The van der Waals surface area contributed by atoms with Crippen LogP contribution in [-0.4, -0.2) is 49.4 Å². The molecule has 1 heterocycles. The van der Waals surface area contributed by atoms with Crippen LogP contribution in [0.1, 0.15) is 31.9 Å². The average Bonchev–Trinajstić information content (AvgIpc) is 2.73. The van der Waals surface area contributed by atoms with Crippen LogP contribution < -0.4 is 10.1 Å². The summed E-state index contributed by atoms with van der Waals surface area (Å²) in [6, 6.07) is 18.0. The molecule has 3 rings (SSSR count). The van der Waals surface area contributed by atoms with Gasteiger partial charge in [-0.1, -0.05) is 42.5 Å². The first kappa shape index (κ1) is 25.5. The molecule has 0 aromatic heterocycles. The van der Waals surface area contributed by atoms with Crippen LogP contribution in [0.3, 0.4) is 0 Å². The Labute approximate surface area is 203 Å². The zero-order valence-electron chi connectivity index (χ0n) is 18.4. The van der Waals surface area contributed by atoms with E-state index in [1.807, 2.05) is 60.4 Å². The topological polar surface area (TPSA) is 71.0 Å². The van der Waals surface area contributed by atoms with Crippen LogP contribution in [0, 0.1) is 0 Å². The largest absolute Gasteiger partial charge is 0.489 e. The van der Waals surface area contributed by atoms with Crippen molar-refractivity contribution < 1.29 is 13.2 Å². The molecule has 0 saturated carbocycles. The Morgan fingerprint density at radius 2 is 1.84 bits per heavy atom. The molecule has 0 atom stereocenters. The molecule has 1 saturated heterocycles. The van der Waals surface area contributed by atoms with Crippen molar-refractivity contribution in [2.24, 2.45) is 4.99 Å². The van der Waals surface area contributed by atoms with Gasteiger partial charge >= 0.3 is 0 Å². The maximum absolute atomic E-state index is 12.3. The lowest BCUT2D eigenvalue weighted by Crippen LogP contribution is -2.57. The lowest BCUT2D eigenvalue weighted by atomic mass is 10.1. The van der Waals surface area contributed by atoms with E-state index in [1.54, 1.807) is 13.8 Å². The summed E-state index contributed by atoms with van der Waals surface area (Å²) in [5, 5.41) is 3.31. The number of nitrogens with zero attached hydrogens (tertiary/aromatic N) is 2. The fourth-order valence-electron chi connectivity index (χ4n) is 3.42. The van der Waals surface area contributed by atoms with E-state index in [4.69, 9.17) is 9.73 Å². The predicted octanol–water partition coefficient (Wildman–Crippen LogP) is 3.86. The van der Waals surface area contributed by atoms with E-state index in [0.717, 1.165) is 29.4 Å². The van der Waals surface area contributed by atoms with Gasteiger partial charge in [0, 0.05) is 19.6 Å². The number of sulfone groups is 1. The molecular weight excluding hydrogens is 525 g/mol.